The number of nitrogens with zero attached hydrogens (tertiary/aromatic N) is 4. The Kier molecular flexibility index (Phi) is 7.76. The number of aliphatic carboxylic acids is 1. The van der Waals surface area contributed by atoms with Crippen molar-refractivity contribution in [3.05, 3.63) is 48.3 Å². The van der Waals surface area contributed by atoms with Crippen molar-refractivity contribution >= 4 is 21.9 Å². The molecule has 0 radical (unpaired) electrons. The van der Waals surface area contributed by atoms with Crippen molar-refractivity contribution in [3.8, 4) is 0 Å². The van der Waals surface area contributed by atoms with Crippen LogP contribution in [-0.4, -0.2) is 83.6 Å². The van der Waals surface area contributed by atoms with Gasteiger partial charge in [-0.2, -0.15) is 17.5 Å². The number of likely N-dealkylation sites (N-methyl/N-ethyl adjacent to an activating group) is 1. The van der Waals surface area contributed by atoms with Gasteiger partial charge in [0.2, 0.25) is 10.0 Å². The molecule has 1 spiro atoms. The molecule has 2 aromatic rings. The van der Waals surface area contributed by atoms with Gasteiger partial charge in [0.15, 0.2) is 6.10 Å². The number of carbonyl (C=O) groups is 2. The lowest BCUT2D eigenvalue weighted by Gasteiger charge is -2.45. The fraction of sp³-hybridized carbons (Fsp3) is 0.476. The molecule has 1 atom stereocenters. The predicted octanol–water partition coefficient (Wildman–Crippen LogP) is 1.82. The smallest absolute Gasteiger partial charge is 0.475 e. The van der Waals surface area contributed by atoms with Crippen molar-refractivity contribution in [2.45, 2.75) is 42.2 Å². The second kappa shape index (κ2) is 10.1. The van der Waals surface area contributed by atoms with Crippen LogP contribution in [0.5, 0.6) is 0 Å². The summed E-state index contributed by atoms with van der Waals surface area (Å²) in [6.45, 7) is 0.816. The van der Waals surface area contributed by atoms with Crippen LogP contribution in [-0.2, 0) is 36.5 Å². The molecule has 4 rings (SSSR count). The predicted molar refractivity (Wildman–Crippen MR) is 116 cm³/mol. The van der Waals surface area contributed by atoms with Crippen molar-refractivity contribution in [1.82, 2.24) is 18.8 Å². The van der Waals surface area contributed by atoms with Gasteiger partial charge in [-0.3, -0.25) is 4.79 Å². The molecule has 198 valence electrons. The summed E-state index contributed by atoms with van der Waals surface area (Å²) in [6, 6.07) is 4.81. The average molecular weight is 537 g/mol. The molecule has 1 aromatic carbocycles. The van der Waals surface area contributed by atoms with Gasteiger partial charge < -0.3 is 19.3 Å². The number of alkyl halides is 3. The van der Waals surface area contributed by atoms with Crippen LogP contribution in [0.4, 0.5) is 17.6 Å². The number of carboxylic acid groups (broad SMARTS) is 1. The van der Waals surface area contributed by atoms with Crippen LogP contribution in [0.1, 0.15) is 18.7 Å². The molecule has 3 heterocycles. The Morgan fingerprint density at radius 2 is 1.72 bits per heavy atom. The number of piperidine rings is 1. The lowest BCUT2D eigenvalue weighted by molar-refractivity contribution is -0.192. The second-order valence-corrected chi connectivity index (χ2v) is 10.3. The van der Waals surface area contributed by atoms with E-state index >= 15 is 0 Å². The lowest BCUT2D eigenvalue weighted by Crippen LogP contribution is -2.54. The number of hydrogen-bond donors (Lipinski definition) is 1. The van der Waals surface area contributed by atoms with E-state index in [4.69, 9.17) is 14.6 Å². The van der Waals surface area contributed by atoms with E-state index in [9.17, 15) is 30.8 Å². The van der Waals surface area contributed by atoms with Gasteiger partial charge in [-0.05, 0) is 37.1 Å². The highest BCUT2D eigenvalue weighted by Crippen LogP contribution is 2.41. The third-order valence-electron chi connectivity index (χ3n) is 5.79. The topological polar surface area (TPSA) is 122 Å². The van der Waals surface area contributed by atoms with Gasteiger partial charge in [0.05, 0.1) is 11.4 Å². The number of aromatic nitrogens is 2. The Bertz CT molecular complexity index is 1210. The number of carbonyl (C=O) groups excluding carboxylic acids is 1. The maximum atomic E-state index is 13.2. The summed E-state index contributed by atoms with van der Waals surface area (Å²) in [4.78, 5) is 27.4. The van der Waals surface area contributed by atoms with E-state index in [1.54, 1.807) is 20.3 Å². The molecule has 15 heteroatoms. The second-order valence-electron chi connectivity index (χ2n) is 8.40. The third kappa shape index (κ3) is 5.68. The summed E-state index contributed by atoms with van der Waals surface area (Å²) < 4.78 is 80.3. The SMILES string of the molecule is CN(C)C(=O)C1Cn2ccnc2C2(CCN(S(=O)(=O)c3ccc(F)cc3)CC2)O1.O=C(O)C(F)(F)F. The molecule has 1 saturated heterocycles. The first kappa shape index (κ1) is 27.5. The van der Waals surface area contributed by atoms with Crippen molar-refractivity contribution in [2.75, 3.05) is 27.2 Å². The molecule has 10 nitrogen and oxygen atoms in total. The van der Waals surface area contributed by atoms with Crippen molar-refractivity contribution in [2.24, 2.45) is 0 Å². The van der Waals surface area contributed by atoms with Crippen molar-refractivity contribution in [3.63, 3.8) is 0 Å². The lowest BCUT2D eigenvalue weighted by atomic mass is 9.89. The summed E-state index contributed by atoms with van der Waals surface area (Å²) in [5.41, 5.74) is -0.813. The first-order chi connectivity index (χ1) is 16.7. The Balaban J connectivity index is 0.000000454. The summed E-state index contributed by atoms with van der Waals surface area (Å²) in [5, 5.41) is 7.12. The zero-order valence-electron chi connectivity index (χ0n) is 19.3. The van der Waals surface area contributed by atoms with Gasteiger partial charge in [-0.1, -0.05) is 0 Å². The number of amides is 1. The number of benzene rings is 1. The number of imidazole rings is 1. The minimum Gasteiger partial charge on any atom is -0.475 e. The van der Waals surface area contributed by atoms with Crippen molar-refractivity contribution in [1.29, 1.82) is 0 Å². The Labute approximate surface area is 204 Å². The zero-order chi connectivity index (χ0) is 26.9. The van der Waals surface area contributed by atoms with Gasteiger partial charge in [-0.25, -0.2) is 22.6 Å². The van der Waals surface area contributed by atoms with Crippen LogP contribution in [0.2, 0.25) is 0 Å². The summed E-state index contributed by atoms with van der Waals surface area (Å²) in [6.07, 6.45) is -1.49. The van der Waals surface area contributed by atoms with E-state index in [1.165, 1.54) is 21.3 Å². The summed E-state index contributed by atoms with van der Waals surface area (Å²) in [5.74, 6) is -2.66. The first-order valence-electron chi connectivity index (χ1n) is 10.6. The van der Waals surface area contributed by atoms with Gasteiger partial charge >= 0.3 is 12.1 Å². The first-order valence-corrected chi connectivity index (χ1v) is 12.1. The van der Waals surface area contributed by atoms with Gasteiger partial charge in [0, 0.05) is 39.6 Å². The van der Waals surface area contributed by atoms with E-state index < -0.39 is 39.7 Å². The molecule has 36 heavy (non-hydrogen) atoms. The minimum absolute atomic E-state index is 0.0570. The normalized spacial score (nSPS) is 19.7. The molecule has 1 unspecified atom stereocenters. The van der Waals surface area contributed by atoms with E-state index in [0.29, 0.717) is 19.4 Å². The van der Waals surface area contributed by atoms with Crippen LogP contribution in [0, 0.1) is 5.82 Å². The van der Waals surface area contributed by atoms with E-state index in [2.05, 4.69) is 4.98 Å². The maximum Gasteiger partial charge on any atom is 0.490 e. The standard InChI is InChI=1S/C19H23FN4O4S.C2HF3O2/c1-22(2)17(25)16-13-23-12-9-21-18(23)19(28-16)7-10-24(11-8-19)29(26,27)15-5-3-14(20)4-6-15;3-2(4,5)1(6)7/h3-6,9,12,16H,7-8,10-11,13H2,1-2H3;(H,6,7). The highest BCUT2D eigenvalue weighted by atomic mass is 32.2. The third-order valence-corrected chi connectivity index (χ3v) is 7.71. The monoisotopic (exact) mass is 536 g/mol. The minimum atomic E-state index is -5.08. The highest BCUT2D eigenvalue weighted by molar-refractivity contribution is 7.89. The van der Waals surface area contributed by atoms with Gasteiger partial charge in [-0.15, -0.1) is 0 Å². The average Bonchev–Trinajstić information content (AvgIpc) is 3.29. The zero-order valence-corrected chi connectivity index (χ0v) is 20.1. The molecule has 1 aromatic heterocycles. The van der Waals surface area contributed by atoms with E-state index in [1.807, 2.05) is 10.8 Å². The number of hydrogen-bond acceptors (Lipinski definition) is 6. The maximum absolute atomic E-state index is 13.2. The quantitative estimate of drug-likeness (QED) is 0.594. The molecular formula is C21H24F4N4O6S. The largest absolute Gasteiger partial charge is 0.490 e. The van der Waals surface area contributed by atoms with Crippen LogP contribution < -0.4 is 0 Å². The Morgan fingerprint density at radius 1 is 1.17 bits per heavy atom. The fourth-order valence-electron chi connectivity index (χ4n) is 4.00. The number of fused-ring (bicyclic) bond motifs is 2. The fourth-order valence-corrected chi connectivity index (χ4v) is 5.44. The molecule has 1 N–H and O–H groups in total. The number of ether oxygens (including phenoxy) is 1. The number of halogens is 4. The number of carboxylic acids is 1. The molecule has 1 fully saturated rings. The number of sulfonamides is 1. The molecule has 2 aliphatic heterocycles. The van der Waals surface area contributed by atoms with Crippen LogP contribution in [0.3, 0.4) is 0 Å². The summed E-state index contributed by atoms with van der Waals surface area (Å²) >= 11 is 0. The van der Waals surface area contributed by atoms with Gasteiger partial charge in [0.25, 0.3) is 5.91 Å². The molecule has 0 aliphatic carbocycles. The number of rotatable bonds is 3. The van der Waals surface area contributed by atoms with Gasteiger partial charge in [0.1, 0.15) is 17.2 Å². The molecule has 1 amide bonds. The molecular weight excluding hydrogens is 512 g/mol. The molecule has 0 bridgehead atoms. The summed E-state index contributed by atoms with van der Waals surface area (Å²) in [7, 11) is -0.372. The molecule has 0 saturated carbocycles. The molecule has 2 aliphatic rings. The van der Waals surface area contributed by atoms with E-state index in [0.717, 1.165) is 18.0 Å². The highest BCUT2D eigenvalue weighted by Gasteiger charge is 2.48. The van der Waals surface area contributed by atoms with Crippen LogP contribution in [0.15, 0.2) is 41.6 Å². The van der Waals surface area contributed by atoms with Crippen molar-refractivity contribution < 1.29 is 45.4 Å². The van der Waals surface area contributed by atoms with Crippen LogP contribution in [0.25, 0.3) is 0 Å². The van der Waals surface area contributed by atoms with Crippen LogP contribution >= 0.6 is 0 Å². The Hall–Kier alpha value is -3.04. The van der Waals surface area contributed by atoms with E-state index in [-0.39, 0.29) is 23.9 Å². The Morgan fingerprint density at radius 3 is 2.22 bits per heavy atom.